The molecule has 94 valence electrons. The number of aryl methyl sites for hydroxylation is 1. The fourth-order valence-electron chi connectivity index (χ4n) is 1.60. The number of rotatable bonds is 6. The maximum atomic E-state index is 5.21. The SMILES string of the molecule is CCCCNC(=S)Nc1ccc(CCC)cc1. The van der Waals surface area contributed by atoms with E-state index in [-0.39, 0.29) is 0 Å². The van der Waals surface area contributed by atoms with E-state index in [4.69, 9.17) is 12.2 Å². The molecule has 2 N–H and O–H groups in total. The van der Waals surface area contributed by atoms with E-state index in [1.54, 1.807) is 0 Å². The zero-order chi connectivity index (χ0) is 12.5. The molecule has 0 aliphatic carbocycles. The van der Waals surface area contributed by atoms with Gasteiger partial charge in [0.1, 0.15) is 0 Å². The lowest BCUT2D eigenvalue weighted by Gasteiger charge is -2.10. The van der Waals surface area contributed by atoms with Crippen molar-refractivity contribution in [3.05, 3.63) is 29.8 Å². The van der Waals surface area contributed by atoms with Crippen LogP contribution in [0, 0.1) is 0 Å². The third-order valence-electron chi connectivity index (χ3n) is 2.57. The van der Waals surface area contributed by atoms with Crippen molar-refractivity contribution in [2.24, 2.45) is 0 Å². The summed E-state index contributed by atoms with van der Waals surface area (Å²) in [6.07, 6.45) is 4.65. The van der Waals surface area contributed by atoms with Crippen molar-refractivity contribution in [3.63, 3.8) is 0 Å². The molecule has 0 bridgehead atoms. The van der Waals surface area contributed by atoms with E-state index in [2.05, 4.69) is 48.7 Å². The van der Waals surface area contributed by atoms with Crippen LogP contribution in [0.2, 0.25) is 0 Å². The molecule has 1 aromatic rings. The summed E-state index contributed by atoms with van der Waals surface area (Å²) in [5, 5.41) is 7.09. The van der Waals surface area contributed by atoms with E-state index >= 15 is 0 Å². The van der Waals surface area contributed by atoms with Crippen molar-refractivity contribution >= 4 is 23.0 Å². The predicted molar refractivity (Wildman–Crippen MR) is 79.6 cm³/mol. The van der Waals surface area contributed by atoms with Crippen LogP contribution in [0.15, 0.2) is 24.3 Å². The quantitative estimate of drug-likeness (QED) is 0.594. The van der Waals surface area contributed by atoms with Crippen molar-refractivity contribution in [2.75, 3.05) is 11.9 Å². The van der Waals surface area contributed by atoms with E-state index in [0.717, 1.165) is 25.1 Å². The number of benzene rings is 1. The van der Waals surface area contributed by atoms with Crippen LogP contribution in [0.25, 0.3) is 0 Å². The van der Waals surface area contributed by atoms with Gasteiger partial charge in [-0.1, -0.05) is 38.8 Å². The summed E-state index contributed by atoms with van der Waals surface area (Å²) in [6.45, 7) is 5.31. The number of anilines is 1. The minimum absolute atomic E-state index is 0.710. The Labute approximate surface area is 110 Å². The highest BCUT2D eigenvalue weighted by Crippen LogP contribution is 2.10. The zero-order valence-electron chi connectivity index (χ0n) is 10.8. The third kappa shape index (κ3) is 5.68. The number of thiocarbonyl (C=S) groups is 1. The van der Waals surface area contributed by atoms with Gasteiger partial charge in [0, 0.05) is 12.2 Å². The summed E-state index contributed by atoms with van der Waals surface area (Å²) >= 11 is 5.21. The third-order valence-corrected chi connectivity index (χ3v) is 2.81. The normalized spacial score (nSPS) is 10.0. The zero-order valence-corrected chi connectivity index (χ0v) is 11.6. The number of unbranched alkanes of at least 4 members (excludes halogenated alkanes) is 1. The van der Waals surface area contributed by atoms with Crippen LogP contribution in [0.4, 0.5) is 5.69 Å². The van der Waals surface area contributed by atoms with Gasteiger partial charge in [-0.25, -0.2) is 0 Å². The highest BCUT2D eigenvalue weighted by Gasteiger charge is 1.97. The van der Waals surface area contributed by atoms with Crippen LogP contribution in [-0.4, -0.2) is 11.7 Å². The van der Waals surface area contributed by atoms with Gasteiger partial charge in [0.25, 0.3) is 0 Å². The molecule has 1 rings (SSSR count). The lowest BCUT2D eigenvalue weighted by molar-refractivity contribution is 0.758. The van der Waals surface area contributed by atoms with Gasteiger partial charge in [-0.2, -0.15) is 0 Å². The lowest BCUT2D eigenvalue weighted by Crippen LogP contribution is -2.29. The van der Waals surface area contributed by atoms with Gasteiger partial charge in [-0.15, -0.1) is 0 Å². The van der Waals surface area contributed by atoms with E-state index in [1.807, 2.05) is 0 Å². The van der Waals surface area contributed by atoms with E-state index in [9.17, 15) is 0 Å². The second-order valence-corrected chi connectivity index (χ2v) is 4.59. The molecule has 0 radical (unpaired) electrons. The summed E-state index contributed by atoms with van der Waals surface area (Å²) in [5.74, 6) is 0. The second-order valence-electron chi connectivity index (χ2n) is 4.18. The van der Waals surface area contributed by atoms with Crippen LogP contribution in [-0.2, 0) is 6.42 Å². The Kier molecular flexibility index (Phi) is 6.63. The van der Waals surface area contributed by atoms with Crippen molar-refractivity contribution in [1.82, 2.24) is 5.32 Å². The fraction of sp³-hybridized carbons (Fsp3) is 0.500. The van der Waals surface area contributed by atoms with Gasteiger partial charge in [0.15, 0.2) is 5.11 Å². The molecule has 0 amide bonds. The van der Waals surface area contributed by atoms with E-state index in [0.29, 0.717) is 5.11 Å². The Hall–Kier alpha value is -1.09. The molecule has 17 heavy (non-hydrogen) atoms. The van der Waals surface area contributed by atoms with E-state index in [1.165, 1.54) is 18.4 Å². The largest absolute Gasteiger partial charge is 0.362 e. The minimum Gasteiger partial charge on any atom is -0.362 e. The molecule has 0 unspecified atom stereocenters. The van der Waals surface area contributed by atoms with Gasteiger partial charge in [0.2, 0.25) is 0 Å². The van der Waals surface area contributed by atoms with Crippen LogP contribution in [0.5, 0.6) is 0 Å². The molecular formula is C14H22N2S. The first kappa shape index (κ1) is 14.0. The van der Waals surface area contributed by atoms with Crippen LogP contribution in [0.1, 0.15) is 38.7 Å². The molecule has 1 aromatic carbocycles. The van der Waals surface area contributed by atoms with Crippen molar-refractivity contribution in [2.45, 2.75) is 39.5 Å². The predicted octanol–water partition coefficient (Wildman–Crippen LogP) is 3.73. The van der Waals surface area contributed by atoms with Gasteiger partial charge in [0.05, 0.1) is 0 Å². The standard InChI is InChI=1S/C14H22N2S/c1-3-5-11-15-14(17)16-13-9-7-12(6-4-2)8-10-13/h7-10H,3-6,11H2,1-2H3,(H2,15,16,17). The molecular weight excluding hydrogens is 228 g/mol. The molecule has 0 fully saturated rings. The van der Waals surface area contributed by atoms with Crippen molar-refractivity contribution in [3.8, 4) is 0 Å². The fourth-order valence-corrected chi connectivity index (χ4v) is 1.82. The molecule has 0 aromatic heterocycles. The highest BCUT2D eigenvalue weighted by atomic mass is 32.1. The minimum atomic E-state index is 0.710. The molecule has 0 heterocycles. The Balaban J connectivity index is 2.37. The Bertz CT molecular complexity index is 333. The van der Waals surface area contributed by atoms with Gasteiger partial charge in [-0.3, -0.25) is 0 Å². The number of hydrogen-bond acceptors (Lipinski definition) is 1. The molecule has 0 aliphatic rings. The maximum Gasteiger partial charge on any atom is 0.170 e. The monoisotopic (exact) mass is 250 g/mol. The Morgan fingerprint density at radius 1 is 1.12 bits per heavy atom. The molecule has 0 aliphatic heterocycles. The molecule has 0 saturated heterocycles. The first-order valence-electron chi connectivity index (χ1n) is 6.40. The lowest BCUT2D eigenvalue weighted by atomic mass is 10.1. The number of hydrogen-bond donors (Lipinski definition) is 2. The Morgan fingerprint density at radius 3 is 2.41 bits per heavy atom. The smallest absolute Gasteiger partial charge is 0.170 e. The summed E-state index contributed by atoms with van der Waals surface area (Å²) in [5.41, 5.74) is 2.43. The van der Waals surface area contributed by atoms with Crippen LogP contribution < -0.4 is 10.6 Å². The topological polar surface area (TPSA) is 24.1 Å². The van der Waals surface area contributed by atoms with Gasteiger partial charge in [-0.05, 0) is 42.8 Å². The maximum absolute atomic E-state index is 5.21. The first-order valence-corrected chi connectivity index (χ1v) is 6.81. The molecule has 3 heteroatoms. The first-order chi connectivity index (χ1) is 8.26. The van der Waals surface area contributed by atoms with Gasteiger partial charge < -0.3 is 10.6 Å². The summed E-state index contributed by atoms with van der Waals surface area (Å²) in [6, 6.07) is 8.47. The summed E-state index contributed by atoms with van der Waals surface area (Å²) < 4.78 is 0. The van der Waals surface area contributed by atoms with Crippen LogP contribution in [0.3, 0.4) is 0 Å². The summed E-state index contributed by atoms with van der Waals surface area (Å²) in [4.78, 5) is 0. The molecule has 0 saturated carbocycles. The molecule has 2 nitrogen and oxygen atoms in total. The molecule has 0 atom stereocenters. The second kappa shape index (κ2) is 8.07. The Morgan fingerprint density at radius 2 is 1.82 bits per heavy atom. The van der Waals surface area contributed by atoms with Crippen molar-refractivity contribution < 1.29 is 0 Å². The summed E-state index contributed by atoms with van der Waals surface area (Å²) in [7, 11) is 0. The van der Waals surface area contributed by atoms with E-state index < -0.39 is 0 Å². The number of nitrogens with one attached hydrogen (secondary N) is 2. The van der Waals surface area contributed by atoms with Gasteiger partial charge >= 0.3 is 0 Å². The van der Waals surface area contributed by atoms with Crippen molar-refractivity contribution in [1.29, 1.82) is 0 Å². The average molecular weight is 250 g/mol. The average Bonchev–Trinajstić information content (AvgIpc) is 2.32. The molecule has 0 spiro atoms. The highest BCUT2D eigenvalue weighted by molar-refractivity contribution is 7.80. The van der Waals surface area contributed by atoms with Crippen LogP contribution >= 0.6 is 12.2 Å².